The molecular formula is C17H21N3O2. The molecule has 1 aromatic heterocycles. The van der Waals surface area contributed by atoms with E-state index >= 15 is 0 Å². The van der Waals surface area contributed by atoms with E-state index in [-0.39, 0.29) is 5.91 Å². The van der Waals surface area contributed by atoms with Crippen LogP contribution in [0.25, 0.3) is 0 Å². The predicted molar refractivity (Wildman–Crippen MR) is 87.0 cm³/mol. The standard InChI is InChI=1S/C17H21N3O2/c1-20(13-14-6-4-3-5-7-14)16-12-15(8-9-18-16)17(21)19-10-11-22-2/h3-9,12H,10-11,13H2,1-2H3,(H,19,21). The van der Waals surface area contributed by atoms with E-state index in [0.29, 0.717) is 18.7 Å². The number of pyridine rings is 1. The number of aromatic nitrogens is 1. The van der Waals surface area contributed by atoms with Crippen molar-refractivity contribution in [2.45, 2.75) is 6.54 Å². The van der Waals surface area contributed by atoms with E-state index in [1.54, 1.807) is 25.4 Å². The Morgan fingerprint density at radius 2 is 2.05 bits per heavy atom. The highest BCUT2D eigenvalue weighted by Crippen LogP contribution is 2.14. The zero-order valence-corrected chi connectivity index (χ0v) is 13.0. The predicted octanol–water partition coefficient (Wildman–Crippen LogP) is 2.09. The van der Waals surface area contributed by atoms with Gasteiger partial charge in [0.05, 0.1) is 6.61 Å². The van der Waals surface area contributed by atoms with Crippen molar-refractivity contribution in [2.75, 3.05) is 32.2 Å². The number of amides is 1. The Morgan fingerprint density at radius 3 is 2.77 bits per heavy atom. The molecule has 1 amide bonds. The smallest absolute Gasteiger partial charge is 0.251 e. The van der Waals surface area contributed by atoms with Crippen molar-refractivity contribution in [3.63, 3.8) is 0 Å². The third-order valence-corrected chi connectivity index (χ3v) is 3.25. The van der Waals surface area contributed by atoms with Crippen LogP contribution in [0.5, 0.6) is 0 Å². The van der Waals surface area contributed by atoms with E-state index in [1.165, 1.54) is 5.56 Å². The molecule has 1 heterocycles. The van der Waals surface area contributed by atoms with Crippen LogP contribution in [-0.2, 0) is 11.3 Å². The minimum absolute atomic E-state index is 0.117. The molecule has 1 aromatic carbocycles. The number of rotatable bonds is 7. The summed E-state index contributed by atoms with van der Waals surface area (Å²) in [5.41, 5.74) is 1.79. The van der Waals surface area contributed by atoms with Crippen LogP contribution in [0.3, 0.4) is 0 Å². The lowest BCUT2D eigenvalue weighted by molar-refractivity contribution is 0.0937. The Kier molecular flexibility index (Phi) is 5.91. The van der Waals surface area contributed by atoms with Crippen molar-refractivity contribution in [2.24, 2.45) is 0 Å². The van der Waals surface area contributed by atoms with E-state index in [9.17, 15) is 4.79 Å². The zero-order valence-electron chi connectivity index (χ0n) is 13.0. The Bertz CT molecular complexity index is 602. The summed E-state index contributed by atoms with van der Waals surface area (Å²) in [5.74, 6) is 0.650. The first-order chi connectivity index (χ1) is 10.7. The van der Waals surface area contributed by atoms with Crippen molar-refractivity contribution in [1.82, 2.24) is 10.3 Å². The molecule has 2 aromatic rings. The molecule has 5 heteroatoms. The molecule has 2 rings (SSSR count). The molecular weight excluding hydrogens is 278 g/mol. The van der Waals surface area contributed by atoms with Gasteiger partial charge in [-0.3, -0.25) is 4.79 Å². The van der Waals surface area contributed by atoms with Gasteiger partial charge in [0.15, 0.2) is 0 Å². The maximum absolute atomic E-state index is 12.0. The molecule has 0 aliphatic rings. The second-order valence-corrected chi connectivity index (χ2v) is 4.99. The maximum atomic E-state index is 12.0. The number of benzene rings is 1. The first-order valence-electron chi connectivity index (χ1n) is 7.19. The van der Waals surface area contributed by atoms with E-state index in [1.807, 2.05) is 30.1 Å². The summed E-state index contributed by atoms with van der Waals surface area (Å²) in [6, 6.07) is 13.7. The van der Waals surface area contributed by atoms with Crippen LogP contribution in [0.4, 0.5) is 5.82 Å². The molecule has 0 saturated carbocycles. The molecule has 0 bridgehead atoms. The first-order valence-corrected chi connectivity index (χ1v) is 7.19. The Labute approximate surface area is 130 Å². The van der Waals surface area contributed by atoms with Gasteiger partial charge in [0.25, 0.3) is 5.91 Å². The van der Waals surface area contributed by atoms with Gasteiger partial charge in [-0.2, -0.15) is 0 Å². The Hall–Kier alpha value is -2.40. The third kappa shape index (κ3) is 4.56. The van der Waals surface area contributed by atoms with Crippen LogP contribution in [-0.4, -0.2) is 38.2 Å². The molecule has 22 heavy (non-hydrogen) atoms. The van der Waals surface area contributed by atoms with Crippen LogP contribution in [0.2, 0.25) is 0 Å². The van der Waals surface area contributed by atoms with Gasteiger partial charge in [0.1, 0.15) is 5.82 Å². The number of anilines is 1. The summed E-state index contributed by atoms with van der Waals surface area (Å²) in [4.78, 5) is 18.4. The minimum Gasteiger partial charge on any atom is -0.383 e. The van der Waals surface area contributed by atoms with Gasteiger partial charge in [-0.15, -0.1) is 0 Å². The number of ether oxygens (including phenoxy) is 1. The summed E-state index contributed by atoms with van der Waals surface area (Å²) in [5, 5.41) is 2.81. The third-order valence-electron chi connectivity index (χ3n) is 3.25. The van der Waals surface area contributed by atoms with Gasteiger partial charge in [-0.05, 0) is 17.7 Å². The van der Waals surface area contributed by atoms with E-state index < -0.39 is 0 Å². The fourth-order valence-corrected chi connectivity index (χ4v) is 2.08. The zero-order chi connectivity index (χ0) is 15.8. The highest BCUT2D eigenvalue weighted by Gasteiger charge is 2.09. The highest BCUT2D eigenvalue weighted by atomic mass is 16.5. The fourth-order valence-electron chi connectivity index (χ4n) is 2.08. The number of carbonyl (C=O) groups excluding carboxylic acids is 1. The van der Waals surface area contributed by atoms with Crippen molar-refractivity contribution in [3.8, 4) is 0 Å². The number of carbonyl (C=O) groups is 1. The van der Waals surface area contributed by atoms with Gasteiger partial charge in [0, 0.05) is 39.0 Å². The molecule has 1 N–H and O–H groups in total. The largest absolute Gasteiger partial charge is 0.383 e. The van der Waals surface area contributed by atoms with Gasteiger partial charge in [0.2, 0.25) is 0 Å². The van der Waals surface area contributed by atoms with Crippen molar-refractivity contribution < 1.29 is 9.53 Å². The summed E-state index contributed by atoms with van der Waals surface area (Å²) >= 11 is 0. The topological polar surface area (TPSA) is 54.5 Å². The SMILES string of the molecule is COCCNC(=O)c1ccnc(N(C)Cc2ccccc2)c1. The number of nitrogens with one attached hydrogen (secondary N) is 1. The van der Waals surface area contributed by atoms with E-state index in [2.05, 4.69) is 22.4 Å². The number of hydrogen-bond donors (Lipinski definition) is 1. The summed E-state index contributed by atoms with van der Waals surface area (Å²) in [7, 11) is 3.57. The molecule has 0 radical (unpaired) electrons. The average molecular weight is 299 g/mol. The Morgan fingerprint density at radius 1 is 1.27 bits per heavy atom. The van der Waals surface area contributed by atoms with Crippen LogP contribution in [0, 0.1) is 0 Å². The van der Waals surface area contributed by atoms with Crippen LogP contribution in [0.15, 0.2) is 48.7 Å². The number of nitrogens with zero attached hydrogens (tertiary/aromatic N) is 2. The maximum Gasteiger partial charge on any atom is 0.251 e. The van der Waals surface area contributed by atoms with E-state index in [4.69, 9.17) is 4.74 Å². The molecule has 5 nitrogen and oxygen atoms in total. The molecule has 0 spiro atoms. The molecule has 0 aliphatic carbocycles. The van der Waals surface area contributed by atoms with Crippen LogP contribution < -0.4 is 10.2 Å². The van der Waals surface area contributed by atoms with Gasteiger partial charge < -0.3 is 15.0 Å². The van der Waals surface area contributed by atoms with Crippen molar-refractivity contribution >= 4 is 11.7 Å². The van der Waals surface area contributed by atoms with Crippen molar-refractivity contribution in [3.05, 3.63) is 59.8 Å². The Balaban J connectivity index is 2.02. The van der Waals surface area contributed by atoms with Crippen LogP contribution in [0.1, 0.15) is 15.9 Å². The molecule has 0 atom stereocenters. The van der Waals surface area contributed by atoms with Crippen molar-refractivity contribution in [1.29, 1.82) is 0 Å². The normalized spacial score (nSPS) is 10.3. The molecule has 116 valence electrons. The van der Waals surface area contributed by atoms with Gasteiger partial charge >= 0.3 is 0 Å². The second kappa shape index (κ2) is 8.14. The minimum atomic E-state index is -0.117. The average Bonchev–Trinajstić information content (AvgIpc) is 2.56. The fraction of sp³-hybridized carbons (Fsp3) is 0.294. The molecule has 0 saturated heterocycles. The van der Waals surface area contributed by atoms with Gasteiger partial charge in [-0.1, -0.05) is 30.3 Å². The quantitative estimate of drug-likeness (QED) is 0.796. The molecule has 0 aliphatic heterocycles. The van der Waals surface area contributed by atoms with Gasteiger partial charge in [-0.25, -0.2) is 4.98 Å². The lowest BCUT2D eigenvalue weighted by atomic mass is 10.2. The monoisotopic (exact) mass is 299 g/mol. The van der Waals surface area contributed by atoms with E-state index in [0.717, 1.165) is 12.4 Å². The van der Waals surface area contributed by atoms with Crippen LogP contribution >= 0.6 is 0 Å². The lowest BCUT2D eigenvalue weighted by Crippen LogP contribution is -2.27. The summed E-state index contributed by atoms with van der Waals surface area (Å²) in [6.45, 7) is 1.73. The number of methoxy groups -OCH3 is 1. The first kappa shape index (κ1) is 16.0. The highest BCUT2D eigenvalue weighted by molar-refractivity contribution is 5.94. The number of hydrogen-bond acceptors (Lipinski definition) is 4. The second-order valence-electron chi connectivity index (χ2n) is 4.99. The molecule has 0 unspecified atom stereocenters. The molecule has 0 fully saturated rings. The summed E-state index contributed by atoms with van der Waals surface area (Å²) in [6.07, 6.45) is 1.65. The summed E-state index contributed by atoms with van der Waals surface area (Å²) < 4.78 is 4.92. The lowest BCUT2D eigenvalue weighted by Gasteiger charge is -2.18.